The SMILES string of the molecule is CCC1CCCC(OC(=O)c2cccc(N)c2Cl)C1. The highest BCUT2D eigenvalue weighted by atomic mass is 35.5. The Bertz CT molecular complexity index is 461. The fraction of sp³-hybridized carbons (Fsp3) is 0.533. The number of hydrogen-bond donors (Lipinski definition) is 1. The molecular weight excluding hydrogens is 262 g/mol. The molecule has 2 unspecified atom stereocenters. The van der Waals surface area contributed by atoms with Gasteiger partial charge in [-0.1, -0.05) is 37.4 Å². The molecule has 2 rings (SSSR count). The number of carbonyl (C=O) groups is 1. The molecule has 1 aliphatic carbocycles. The van der Waals surface area contributed by atoms with E-state index >= 15 is 0 Å². The lowest BCUT2D eigenvalue weighted by Gasteiger charge is -2.28. The van der Waals surface area contributed by atoms with Gasteiger partial charge in [0, 0.05) is 0 Å². The lowest BCUT2D eigenvalue weighted by Crippen LogP contribution is -2.25. The zero-order valence-electron chi connectivity index (χ0n) is 11.2. The van der Waals surface area contributed by atoms with Gasteiger partial charge in [-0.25, -0.2) is 4.79 Å². The number of anilines is 1. The Morgan fingerprint density at radius 1 is 1.47 bits per heavy atom. The lowest BCUT2D eigenvalue weighted by atomic mass is 9.85. The minimum Gasteiger partial charge on any atom is -0.459 e. The Kier molecular flexibility index (Phi) is 4.70. The van der Waals surface area contributed by atoms with Crippen LogP contribution in [0, 0.1) is 5.92 Å². The van der Waals surface area contributed by atoms with Gasteiger partial charge in [-0.3, -0.25) is 0 Å². The van der Waals surface area contributed by atoms with E-state index in [0.717, 1.165) is 25.7 Å². The molecule has 104 valence electrons. The molecule has 1 aromatic carbocycles. The van der Waals surface area contributed by atoms with Crippen LogP contribution in [0.25, 0.3) is 0 Å². The van der Waals surface area contributed by atoms with Crippen LogP contribution in [0.5, 0.6) is 0 Å². The summed E-state index contributed by atoms with van der Waals surface area (Å²) in [6, 6.07) is 5.04. The molecule has 1 fully saturated rings. The molecule has 0 heterocycles. The monoisotopic (exact) mass is 281 g/mol. The van der Waals surface area contributed by atoms with Crippen molar-refractivity contribution in [2.24, 2.45) is 5.92 Å². The van der Waals surface area contributed by atoms with E-state index in [1.807, 2.05) is 0 Å². The van der Waals surface area contributed by atoms with Gasteiger partial charge in [0.1, 0.15) is 6.10 Å². The molecule has 19 heavy (non-hydrogen) atoms. The van der Waals surface area contributed by atoms with E-state index in [-0.39, 0.29) is 17.1 Å². The van der Waals surface area contributed by atoms with Crippen molar-refractivity contribution in [2.75, 3.05) is 5.73 Å². The molecular formula is C15H20ClNO2. The number of benzene rings is 1. The number of ether oxygens (including phenoxy) is 1. The van der Waals surface area contributed by atoms with Gasteiger partial charge in [0.05, 0.1) is 16.3 Å². The van der Waals surface area contributed by atoms with Crippen molar-refractivity contribution in [3.63, 3.8) is 0 Å². The highest BCUT2D eigenvalue weighted by Gasteiger charge is 2.25. The molecule has 0 radical (unpaired) electrons. The topological polar surface area (TPSA) is 52.3 Å². The Morgan fingerprint density at radius 2 is 2.26 bits per heavy atom. The minimum absolute atomic E-state index is 0.0173. The summed E-state index contributed by atoms with van der Waals surface area (Å²) in [7, 11) is 0. The maximum absolute atomic E-state index is 12.1. The maximum Gasteiger partial charge on any atom is 0.340 e. The van der Waals surface area contributed by atoms with Crippen molar-refractivity contribution >= 4 is 23.3 Å². The molecule has 0 saturated heterocycles. The molecule has 1 aliphatic rings. The minimum atomic E-state index is -0.362. The van der Waals surface area contributed by atoms with Crippen molar-refractivity contribution in [3.8, 4) is 0 Å². The van der Waals surface area contributed by atoms with Gasteiger partial charge in [-0.05, 0) is 37.3 Å². The second-order valence-electron chi connectivity index (χ2n) is 5.18. The first-order chi connectivity index (χ1) is 9.11. The predicted molar refractivity (Wildman–Crippen MR) is 77.3 cm³/mol. The summed E-state index contributed by atoms with van der Waals surface area (Å²) >= 11 is 6.04. The number of carbonyl (C=O) groups excluding carboxylic acids is 1. The summed E-state index contributed by atoms with van der Waals surface area (Å²) in [6.45, 7) is 2.18. The summed E-state index contributed by atoms with van der Waals surface area (Å²) in [5, 5.41) is 0.287. The standard InChI is InChI=1S/C15H20ClNO2/c1-2-10-5-3-6-11(9-10)19-15(18)12-7-4-8-13(17)14(12)16/h4,7-8,10-11H,2-3,5-6,9,17H2,1H3. The molecule has 0 bridgehead atoms. The zero-order valence-corrected chi connectivity index (χ0v) is 12.0. The smallest absolute Gasteiger partial charge is 0.340 e. The number of nitrogens with two attached hydrogens (primary N) is 1. The Balaban J connectivity index is 2.02. The van der Waals surface area contributed by atoms with Gasteiger partial charge >= 0.3 is 5.97 Å². The van der Waals surface area contributed by atoms with Crippen molar-refractivity contribution in [3.05, 3.63) is 28.8 Å². The van der Waals surface area contributed by atoms with Gasteiger partial charge in [0.25, 0.3) is 0 Å². The summed E-state index contributed by atoms with van der Waals surface area (Å²) in [5.74, 6) is 0.307. The summed E-state index contributed by atoms with van der Waals surface area (Å²) in [5.41, 5.74) is 6.47. The maximum atomic E-state index is 12.1. The lowest BCUT2D eigenvalue weighted by molar-refractivity contribution is 0.0140. The van der Waals surface area contributed by atoms with E-state index in [4.69, 9.17) is 22.1 Å². The van der Waals surface area contributed by atoms with Gasteiger partial charge in [-0.2, -0.15) is 0 Å². The average molecular weight is 282 g/mol. The number of hydrogen-bond acceptors (Lipinski definition) is 3. The van der Waals surface area contributed by atoms with Gasteiger partial charge in [-0.15, -0.1) is 0 Å². The summed E-state index contributed by atoms with van der Waals surface area (Å²) < 4.78 is 5.57. The van der Waals surface area contributed by atoms with E-state index in [1.165, 1.54) is 6.42 Å². The van der Waals surface area contributed by atoms with Crippen molar-refractivity contribution < 1.29 is 9.53 Å². The molecule has 2 N–H and O–H groups in total. The first-order valence-electron chi connectivity index (χ1n) is 6.86. The van der Waals surface area contributed by atoms with Gasteiger partial charge in [0.15, 0.2) is 0 Å². The van der Waals surface area contributed by atoms with E-state index in [0.29, 0.717) is 17.2 Å². The van der Waals surface area contributed by atoms with Crippen molar-refractivity contribution in [1.29, 1.82) is 0 Å². The molecule has 4 heteroatoms. The van der Waals surface area contributed by atoms with E-state index in [9.17, 15) is 4.79 Å². The summed E-state index contributed by atoms with van der Waals surface area (Å²) in [4.78, 5) is 12.1. The predicted octanol–water partition coefficient (Wildman–Crippen LogP) is 4.05. The first-order valence-corrected chi connectivity index (χ1v) is 7.24. The fourth-order valence-corrected chi connectivity index (χ4v) is 2.84. The van der Waals surface area contributed by atoms with E-state index in [2.05, 4.69) is 6.92 Å². The molecule has 1 aromatic rings. The van der Waals surface area contributed by atoms with Crippen molar-refractivity contribution in [1.82, 2.24) is 0 Å². The Labute approximate surface area is 119 Å². The number of rotatable bonds is 3. The van der Waals surface area contributed by atoms with E-state index in [1.54, 1.807) is 18.2 Å². The van der Waals surface area contributed by atoms with Crippen molar-refractivity contribution in [2.45, 2.75) is 45.1 Å². The molecule has 0 aromatic heterocycles. The second-order valence-corrected chi connectivity index (χ2v) is 5.55. The third kappa shape index (κ3) is 3.41. The van der Waals surface area contributed by atoms with Crippen LogP contribution in [0.4, 0.5) is 5.69 Å². The summed E-state index contributed by atoms with van der Waals surface area (Å²) in [6.07, 6.45) is 5.44. The normalized spacial score (nSPS) is 23.1. The van der Waals surface area contributed by atoms with Crippen LogP contribution in [0.1, 0.15) is 49.4 Å². The van der Waals surface area contributed by atoms with Crippen LogP contribution in [0.2, 0.25) is 5.02 Å². The third-order valence-corrected chi connectivity index (χ3v) is 4.26. The van der Waals surface area contributed by atoms with Gasteiger partial charge < -0.3 is 10.5 Å². The molecule has 0 spiro atoms. The molecule has 3 nitrogen and oxygen atoms in total. The van der Waals surface area contributed by atoms with Crippen LogP contribution in [-0.4, -0.2) is 12.1 Å². The average Bonchev–Trinajstić information content (AvgIpc) is 2.42. The quantitative estimate of drug-likeness (QED) is 0.672. The van der Waals surface area contributed by atoms with E-state index < -0.39 is 0 Å². The molecule has 0 amide bonds. The van der Waals surface area contributed by atoms with Crippen LogP contribution in [-0.2, 0) is 4.74 Å². The van der Waals surface area contributed by atoms with Crippen LogP contribution in [0.15, 0.2) is 18.2 Å². The Morgan fingerprint density at radius 3 is 3.00 bits per heavy atom. The highest BCUT2D eigenvalue weighted by molar-refractivity contribution is 6.36. The zero-order chi connectivity index (χ0) is 13.8. The fourth-order valence-electron chi connectivity index (χ4n) is 2.64. The molecule has 2 atom stereocenters. The number of esters is 1. The largest absolute Gasteiger partial charge is 0.459 e. The first kappa shape index (κ1) is 14.2. The van der Waals surface area contributed by atoms with Crippen LogP contribution < -0.4 is 5.73 Å². The number of halogens is 1. The molecule has 1 saturated carbocycles. The second kappa shape index (κ2) is 6.29. The van der Waals surface area contributed by atoms with Crippen LogP contribution in [0.3, 0.4) is 0 Å². The molecule has 0 aliphatic heterocycles. The highest BCUT2D eigenvalue weighted by Crippen LogP contribution is 2.30. The van der Waals surface area contributed by atoms with Gasteiger partial charge in [0.2, 0.25) is 0 Å². The number of nitrogen functional groups attached to an aromatic ring is 1. The third-order valence-electron chi connectivity index (χ3n) is 3.83. The Hall–Kier alpha value is -1.22. The van der Waals surface area contributed by atoms with Crippen LogP contribution >= 0.6 is 11.6 Å².